The van der Waals surface area contributed by atoms with Gasteiger partial charge in [0.2, 0.25) is 0 Å². The summed E-state index contributed by atoms with van der Waals surface area (Å²) < 4.78 is 5.90. The third kappa shape index (κ3) is 4.22. The first kappa shape index (κ1) is 21.6. The Morgan fingerprint density at radius 2 is 1.47 bits per heavy atom. The summed E-state index contributed by atoms with van der Waals surface area (Å²) in [6.07, 6.45) is 0.794. The summed E-state index contributed by atoms with van der Waals surface area (Å²) in [7, 11) is 0. The van der Waals surface area contributed by atoms with E-state index in [1.54, 1.807) is 30.3 Å². The van der Waals surface area contributed by atoms with E-state index in [4.69, 9.17) is 10.5 Å². The molecule has 1 atom stereocenters. The average molecular weight is 430 g/mol. The minimum absolute atomic E-state index is 0.0245. The molecule has 4 rings (SSSR count). The summed E-state index contributed by atoms with van der Waals surface area (Å²) in [6.45, 7) is 3.45. The second-order valence-electron chi connectivity index (χ2n) is 7.70. The molecule has 0 aromatic heterocycles. The number of benzene rings is 3. The second-order valence-corrected chi connectivity index (χ2v) is 7.70. The van der Waals surface area contributed by atoms with Gasteiger partial charge in [0.05, 0.1) is 17.2 Å². The van der Waals surface area contributed by atoms with Gasteiger partial charge in [0.15, 0.2) is 11.6 Å². The molecule has 1 unspecified atom stereocenters. The molecule has 6 nitrogen and oxygen atoms in total. The molecule has 4 N–H and O–H groups in total. The van der Waals surface area contributed by atoms with Crippen LogP contribution in [0.25, 0.3) is 0 Å². The highest BCUT2D eigenvalue weighted by Gasteiger charge is 2.33. The Morgan fingerprint density at radius 3 is 2.09 bits per heavy atom. The normalized spacial score (nSPS) is 13.2. The Morgan fingerprint density at radius 1 is 0.844 bits per heavy atom. The monoisotopic (exact) mass is 429 g/mol. The molecule has 0 saturated carbocycles. The number of nitrogens with two attached hydrogens (primary N) is 1. The molecule has 0 spiro atoms. The van der Waals surface area contributed by atoms with Gasteiger partial charge in [-0.05, 0) is 30.7 Å². The van der Waals surface area contributed by atoms with Gasteiger partial charge in [0.25, 0.3) is 0 Å². The first-order chi connectivity index (χ1) is 15.6. The number of ether oxygens (including phenoxy) is 1. The van der Waals surface area contributed by atoms with Gasteiger partial charge in [-0.2, -0.15) is 0 Å². The molecule has 3 aromatic carbocycles. The number of carbonyl (C=O) groups excluding carboxylic acids is 2. The van der Waals surface area contributed by atoms with Crippen molar-refractivity contribution in [3.63, 3.8) is 0 Å². The molecular formula is C26H27N3O3. The molecule has 1 aliphatic rings. The molecule has 32 heavy (non-hydrogen) atoms. The van der Waals surface area contributed by atoms with Crippen LogP contribution < -0.4 is 21.1 Å². The molecule has 164 valence electrons. The van der Waals surface area contributed by atoms with Crippen molar-refractivity contribution in [3.05, 3.63) is 89.0 Å². The quantitative estimate of drug-likeness (QED) is 0.371. The average Bonchev–Trinajstić information content (AvgIpc) is 2.84. The number of anilines is 2. The van der Waals surface area contributed by atoms with Gasteiger partial charge in [-0.3, -0.25) is 9.59 Å². The van der Waals surface area contributed by atoms with Crippen LogP contribution in [0, 0.1) is 0 Å². The van der Waals surface area contributed by atoms with Gasteiger partial charge in [-0.15, -0.1) is 0 Å². The van der Waals surface area contributed by atoms with Crippen molar-refractivity contribution in [2.24, 2.45) is 5.73 Å². The number of hydrogen-bond acceptors (Lipinski definition) is 6. The Hall–Kier alpha value is -3.64. The molecule has 0 bridgehead atoms. The lowest BCUT2D eigenvalue weighted by Crippen LogP contribution is -2.29. The summed E-state index contributed by atoms with van der Waals surface area (Å²) >= 11 is 0. The summed E-state index contributed by atoms with van der Waals surface area (Å²) in [4.78, 5) is 26.9. The van der Waals surface area contributed by atoms with E-state index < -0.39 is 0 Å². The molecule has 3 aromatic rings. The Kier molecular flexibility index (Phi) is 6.52. The first-order valence-corrected chi connectivity index (χ1v) is 10.9. The van der Waals surface area contributed by atoms with E-state index in [1.807, 2.05) is 36.4 Å². The fourth-order valence-corrected chi connectivity index (χ4v) is 3.91. The SMILES string of the molecule is CCC(COc1ccccc1)Nc1cccc2c1C(=O)c1cccc(NCCN)c1C2=O. The lowest BCUT2D eigenvalue weighted by Gasteiger charge is -2.25. The largest absolute Gasteiger partial charge is 0.491 e. The topological polar surface area (TPSA) is 93.4 Å². The number of para-hydroxylation sites is 1. The lowest BCUT2D eigenvalue weighted by atomic mass is 9.82. The highest BCUT2D eigenvalue weighted by atomic mass is 16.5. The van der Waals surface area contributed by atoms with E-state index in [0.29, 0.717) is 53.3 Å². The van der Waals surface area contributed by atoms with Gasteiger partial charge in [0, 0.05) is 35.6 Å². The van der Waals surface area contributed by atoms with Crippen molar-refractivity contribution in [2.45, 2.75) is 19.4 Å². The van der Waals surface area contributed by atoms with Crippen LogP contribution in [0.3, 0.4) is 0 Å². The van der Waals surface area contributed by atoms with E-state index in [1.165, 1.54) is 0 Å². The highest BCUT2D eigenvalue weighted by Crippen LogP contribution is 2.35. The standard InChI is InChI=1S/C26H27N3O3/c1-2-17(16-32-18-8-4-3-5-9-18)29-22-13-7-11-20-24(22)26(31)19-10-6-12-21(28-15-14-27)23(19)25(20)30/h3-13,17,28-29H,2,14-16,27H2,1H3. The van der Waals surface area contributed by atoms with Crippen molar-refractivity contribution in [1.29, 1.82) is 0 Å². The predicted octanol–water partition coefficient (Wildman–Crippen LogP) is 4.10. The van der Waals surface area contributed by atoms with Crippen LogP contribution in [0.4, 0.5) is 11.4 Å². The first-order valence-electron chi connectivity index (χ1n) is 10.9. The van der Waals surface area contributed by atoms with Crippen molar-refractivity contribution in [3.8, 4) is 5.75 Å². The summed E-state index contributed by atoms with van der Waals surface area (Å²) in [5.41, 5.74) is 8.53. The zero-order valence-corrected chi connectivity index (χ0v) is 18.1. The maximum Gasteiger partial charge on any atom is 0.196 e. The minimum atomic E-state index is -0.160. The van der Waals surface area contributed by atoms with Crippen molar-refractivity contribution >= 4 is 22.9 Å². The van der Waals surface area contributed by atoms with Crippen LogP contribution in [0.2, 0.25) is 0 Å². The molecule has 0 aliphatic heterocycles. The predicted molar refractivity (Wildman–Crippen MR) is 127 cm³/mol. The van der Waals surface area contributed by atoms with Crippen molar-refractivity contribution < 1.29 is 14.3 Å². The smallest absolute Gasteiger partial charge is 0.196 e. The molecule has 1 aliphatic carbocycles. The van der Waals surface area contributed by atoms with E-state index in [2.05, 4.69) is 17.6 Å². The third-order valence-corrected chi connectivity index (χ3v) is 5.58. The van der Waals surface area contributed by atoms with Crippen molar-refractivity contribution in [1.82, 2.24) is 0 Å². The maximum atomic E-state index is 13.5. The number of carbonyl (C=O) groups is 2. The van der Waals surface area contributed by atoms with Gasteiger partial charge in [-0.1, -0.05) is 49.4 Å². The number of ketones is 2. The Bertz CT molecular complexity index is 1130. The number of hydrogen-bond donors (Lipinski definition) is 3. The second kappa shape index (κ2) is 9.66. The van der Waals surface area contributed by atoms with Crippen LogP contribution >= 0.6 is 0 Å². The number of fused-ring (bicyclic) bond motifs is 2. The molecule has 0 fully saturated rings. The van der Waals surface area contributed by atoms with Crippen LogP contribution in [-0.2, 0) is 0 Å². The van der Waals surface area contributed by atoms with Gasteiger partial charge >= 0.3 is 0 Å². The minimum Gasteiger partial charge on any atom is -0.491 e. The van der Waals surface area contributed by atoms with Crippen LogP contribution in [0.15, 0.2) is 66.7 Å². The Labute approximate surface area is 187 Å². The molecule has 6 heteroatoms. The zero-order valence-electron chi connectivity index (χ0n) is 18.1. The third-order valence-electron chi connectivity index (χ3n) is 5.58. The molecular weight excluding hydrogens is 402 g/mol. The van der Waals surface area contributed by atoms with E-state index in [0.717, 1.165) is 12.2 Å². The molecule has 0 amide bonds. The van der Waals surface area contributed by atoms with E-state index >= 15 is 0 Å². The molecule has 0 radical (unpaired) electrons. The summed E-state index contributed by atoms with van der Waals surface area (Å²) in [5.74, 6) is 0.473. The molecule has 0 saturated heterocycles. The Balaban J connectivity index is 1.62. The van der Waals surface area contributed by atoms with Gasteiger partial charge < -0.3 is 21.1 Å². The number of rotatable bonds is 9. The lowest BCUT2D eigenvalue weighted by molar-refractivity contribution is 0.0980. The van der Waals surface area contributed by atoms with Gasteiger partial charge in [-0.25, -0.2) is 0 Å². The summed E-state index contributed by atoms with van der Waals surface area (Å²) in [5, 5.41) is 6.59. The fourth-order valence-electron chi connectivity index (χ4n) is 3.91. The van der Waals surface area contributed by atoms with Gasteiger partial charge in [0.1, 0.15) is 12.4 Å². The van der Waals surface area contributed by atoms with Crippen LogP contribution in [-0.4, -0.2) is 37.3 Å². The number of nitrogens with one attached hydrogen (secondary N) is 2. The van der Waals surface area contributed by atoms with Crippen molar-refractivity contribution in [2.75, 3.05) is 30.3 Å². The van der Waals surface area contributed by atoms with E-state index in [9.17, 15) is 9.59 Å². The zero-order chi connectivity index (χ0) is 22.5. The molecule has 0 heterocycles. The maximum absolute atomic E-state index is 13.5. The summed E-state index contributed by atoms with van der Waals surface area (Å²) in [6, 6.07) is 20.2. The fraction of sp³-hybridized carbons (Fsp3) is 0.231. The van der Waals surface area contributed by atoms with E-state index in [-0.39, 0.29) is 17.6 Å². The van der Waals surface area contributed by atoms with Crippen LogP contribution in [0.1, 0.15) is 45.2 Å². The highest BCUT2D eigenvalue weighted by molar-refractivity contribution is 6.31. The van der Waals surface area contributed by atoms with Crippen LogP contribution in [0.5, 0.6) is 5.75 Å².